The summed E-state index contributed by atoms with van der Waals surface area (Å²) >= 11 is 0. The molecule has 1 unspecified atom stereocenters. The van der Waals surface area contributed by atoms with Crippen molar-refractivity contribution >= 4 is 27.5 Å². The third-order valence-electron chi connectivity index (χ3n) is 6.02. The van der Waals surface area contributed by atoms with Gasteiger partial charge in [-0.05, 0) is 37.5 Å². The highest BCUT2D eigenvalue weighted by atomic mass is 32.2. The van der Waals surface area contributed by atoms with Gasteiger partial charge in [0.2, 0.25) is 21.8 Å². The van der Waals surface area contributed by atoms with Crippen molar-refractivity contribution in [2.75, 3.05) is 37.9 Å². The normalized spacial score (nSPS) is 11.9. The Morgan fingerprint density at radius 3 is 2.19 bits per heavy atom. The number of unbranched alkanes of at least 4 members (excludes halogenated alkanes) is 1. The minimum atomic E-state index is -3.85. The van der Waals surface area contributed by atoms with E-state index in [1.54, 1.807) is 12.1 Å². The average Bonchev–Trinajstić information content (AvgIpc) is 2.87. The van der Waals surface area contributed by atoms with Crippen molar-refractivity contribution in [1.82, 2.24) is 10.2 Å². The highest BCUT2D eigenvalue weighted by molar-refractivity contribution is 7.92. The lowest BCUT2D eigenvalue weighted by Crippen LogP contribution is -2.52. The number of anilines is 1. The molecular formula is C27H39N3O6S. The molecule has 1 N–H and O–H groups in total. The molecule has 0 spiro atoms. The first kappa shape index (κ1) is 30.0. The summed E-state index contributed by atoms with van der Waals surface area (Å²) in [7, 11) is -0.922. The summed E-state index contributed by atoms with van der Waals surface area (Å²) in [5.41, 5.74) is 2.17. The topological polar surface area (TPSA) is 105 Å². The average molecular weight is 534 g/mol. The molecule has 1 atom stereocenters. The van der Waals surface area contributed by atoms with Crippen LogP contribution in [0.15, 0.2) is 42.5 Å². The maximum Gasteiger partial charge on any atom is 0.244 e. The lowest BCUT2D eigenvalue weighted by Gasteiger charge is -2.33. The fourth-order valence-electron chi connectivity index (χ4n) is 3.91. The molecule has 9 nitrogen and oxygen atoms in total. The van der Waals surface area contributed by atoms with Gasteiger partial charge in [-0.2, -0.15) is 0 Å². The summed E-state index contributed by atoms with van der Waals surface area (Å²) in [6.07, 6.45) is 3.17. The number of methoxy groups -OCH3 is 2. The van der Waals surface area contributed by atoms with Gasteiger partial charge in [-0.1, -0.05) is 50.1 Å². The van der Waals surface area contributed by atoms with Gasteiger partial charge in [-0.25, -0.2) is 8.42 Å². The maximum absolute atomic E-state index is 13.7. The lowest BCUT2D eigenvalue weighted by molar-refractivity contribution is -0.140. The second-order valence-electron chi connectivity index (χ2n) is 8.88. The zero-order chi connectivity index (χ0) is 27.6. The smallest absolute Gasteiger partial charge is 0.244 e. The number of nitrogens with zero attached hydrogens (tertiary/aromatic N) is 2. The molecule has 0 aliphatic heterocycles. The van der Waals surface area contributed by atoms with E-state index in [1.807, 2.05) is 45.0 Å². The first-order valence-electron chi connectivity index (χ1n) is 12.4. The molecule has 2 amide bonds. The van der Waals surface area contributed by atoms with E-state index in [4.69, 9.17) is 9.47 Å². The van der Waals surface area contributed by atoms with Gasteiger partial charge in [-0.3, -0.25) is 13.9 Å². The number of carbonyl (C=O) groups is 2. The molecule has 37 heavy (non-hydrogen) atoms. The van der Waals surface area contributed by atoms with Crippen molar-refractivity contribution in [1.29, 1.82) is 0 Å². The van der Waals surface area contributed by atoms with E-state index in [0.29, 0.717) is 24.5 Å². The predicted octanol–water partition coefficient (Wildman–Crippen LogP) is 3.50. The number of benzene rings is 2. The number of amides is 2. The van der Waals surface area contributed by atoms with Gasteiger partial charge in [0.15, 0.2) is 11.5 Å². The van der Waals surface area contributed by atoms with Crippen LogP contribution in [0.3, 0.4) is 0 Å². The van der Waals surface area contributed by atoms with E-state index in [9.17, 15) is 18.0 Å². The Balaban J connectivity index is 2.44. The van der Waals surface area contributed by atoms with Gasteiger partial charge in [0.1, 0.15) is 12.6 Å². The highest BCUT2D eigenvalue weighted by Crippen LogP contribution is 2.32. The Labute approximate surface area is 220 Å². The number of nitrogens with one attached hydrogen (secondary N) is 1. The SMILES string of the molecule is CCCCNC(=O)C(CC)N(Cc1ccc(C)cc1)C(=O)CN(c1ccc(OC)c(OC)c1)S(C)(=O)=O. The van der Waals surface area contributed by atoms with Crippen molar-refractivity contribution in [3.63, 3.8) is 0 Å². The van der Waals surface area contributed by atoms with Crippen LogP contribution < -0.4 is 19.1 Å². The third kappa shape index (κ3) is 8.38. The minimum absolute atomic E-state index is 0.169. The van der Waals surface area contributed by atoms with Crippen LogP contribution in [-0.4, -0.2) is 64.7 Å². The number of carbonyl (C=O) groups excluding carboxylic acids is 2. The van der Waals surface area contributed by atoms with Gasteiger partial charge in [0, 0.05) is 19.2 Å². The van der Waals surface area contributed by atoms with Crippen LogP contribution in [0.4, 0.5) is 5.69 Å². The fourth-order valence-corrected chi connectivity index (χ4v) is 4.75. The summed E-state index contributed by atoms with van der Waals surface area (Å²) in [4.78, 5) is 28.3. The monoisotopic (exact) mass is 533 g/mol. The van der Waals surface area contributed by atoms with Crippen molar-refractivity contribution in [3.8, 4) is 11.5 Å². The number of sulfonamides is 1. The molecule has 0 fully saturated rings. The van der Waals surface area contributed by atoms with E-state index >= 15 is 0 Å². The van der Waals surface area contributed by atoms with Crippen LogP contribution in [0.5, 0.6) is 11.5 Å². The van der Waals surface area contributed by atoms with Gasteiger partial charge in [-0.15, -0.1) is 0 Å². The Morgan fingerprint density at radius 1 is 1.00 bits per heavy atom. The summed E-state index contributed by atoms with van der Waals surface area (Å²) < 4.78 is 37.2. The minimum Gasteiger partial charge on any atom is -0.493 e. The molecule has 0 heterocycles. The van der Waals surface area contributed by atoms with Crippen LogP contribution in [-0.2, 0) is 26.2 Å². The van der Waals surface area contributed by atoms with Crippen LogP contribution >= 0.6 is 0 Å². The van der Waals surface area contributed by atoms with Crippen LogP contribution in [0.25, 0.3) is 0 Å². The zero-order valence-electron chi connectivity index (χ0n) is 22.6. The third-order valence-corrected chi connectivity index (χ3v) is 7.16. The Kier molecular flexibility index (Phi) is 11.2. The summed E-state index contributed by atoms with van der Waals surface area (Å²) in [6, 6.07) is 11.6. The number of hydrogen-bond acceptors (Lipinski definition) is 6. The Hall–Kier alpha value is -3.27. The predicted molar refractivity (Wildman–Crippen MR) is 145 cm³/mol. The molecule has 0 aliphatic rings. The molecule has 0 aromatic heterocycles. The second-order valence-corrected chi connectivity index (χ2v) is 10.8. The van der Waals surface area contributed by atoms with Crippen molar-refractivity contribution in [2.24, 2.45) is 0 Å². The number of aryl methyl sites for hydroxylation is 1. The molecule has 204 valence electrons. The molecule has 0 saturated carbocycles. The molecule has 0 saturated heterocycles. The van der Waals surface area contributed by atoms with Gasteiger partial charge in [0.05, 0.1) is 26.2 Å². The van der Waals surface area contributed by atoms with E-state index in [0.717, 1.165) is 34.5 Å². The quantitative estimate of drug-likeness (QED) is 0.373. The maximum atomic E-state index is 13.7. The largest absolute Gasteiger partial charge is 0.493 e. The highest BCUT2D eigenvalue weighted by Gasteiger charge is 2.32. The van der Waals surface area contributed by atoms with E-state index in [-0.39, 0.29) is 18.1 Å². The second kappa shape index (κ2) is 13.9. The molecule has 2 aromatic rings. The lowest BCUT2D eigenvalue weighted by atomic mass is 10.1. The van der Waals surface area contributed by atoms with Crippen molar-refractivity contribution in [3.05, 3.63) is 53.6 Å². The number of hydrogen-bond donors (Lipinski definition) is 1. The summed E-state index contributed by atoms with van der Waals surface area (Å²) in [5, 5.41) is 2.91. The molecule has 10 heteroatoms. The van der Waals surface area contributed by atoms with Crippen molar-refractivity contribution < 1.29 is 27.5 Å². The van der Waals surface area contributed by atoms with Crippen LogP contribution in [0.2, 0.25) is 0 Å². The molecule has 0 aliphatic carbocycles. The first-order valence-corrected chi connectivity index (χ1v) is 14.2. The Bertz CT molecular complexity index is 1150. The molecular weight excluding hydrogens is 494 g/mol. The molecule has 2 aromatic carbocycles. The Morgan fingerprint density at radius 2 is 1.65 bits per heavy atom. The fraction of sp³-hybridized carbons (Fsp3) is 0.481. The molecule has 0 bridgehead atoms. The summed E-state index contributed by atoms with van der Waals surface area (Å²) in [6.45, 7) is 6.05. The molecule has 2 rings (SSSR count). The van der Waals surface area contributed by atoms with Crippen molar-refractivity contribution in [2.45, 2.75) is 52.6 Å². The van der Waals surface area contributed by atoms with E-state index in [2.05, 4.69) is 5.32 Å². The van der Waals surface area contributed by atoms with Gasteiger partial charge in [0.25, 0.3) is 0 Å². The first-order chi connectivity index (χ1) is 17.5. The number of rotatable bonds is 14. The zero-order valence-corrected chi connectivity index (χ0v) is 23.4. The standard InChI is InChI=1S/C27H39N3O6S/c1-7-9-16-28-27(32)23(8-2)29(18-21-12-10-20(3)11-13-21)26(31)19-30(37(6,33)34)22-14-15-24(35-4)25(17-22)36-5/h10-15,17,23H,7-9,16,18-19H2,1-6H3,(H,28,32). The van der Waals surface area contributed by atoms with Gasteiger partial charge < -0.3 is 19.7 Å². The van der Waals surface area contributed by atoms with Gasteiger partial charge >= 0.3 is 0 Å². The van der Waals surface area contributed by atoms with E-state index < -0.39 is 28.5 Å². The van der Waals surface area contributed by atoms with Crippen LogP contribution in [0, 0.1) is 6.92 Å². The van der Waals surface area contributed by atoms with Crippen LogP contribution in [0.1, 0.15) is 44.2 Å². The summed E-state index contributed by atoms with van der Waals surface area (Å²) in [5.74, 6) is 0.0212. The number of ether oxygens (including phenoxy) is 2. The van der Waals surface area contributed by atoms with E-state index in [1.165, 1.54) is 25.2 Å². The molecule has 0 radical (unpaired) electrons.